The zero-order chi connectivity index (χ0) is 41.1. The van der Waals surface area contributed by atoms with Crippen molar-refractivity contribution in [2.24, 2.45) is 0 Å². The molecule has 0 aliphatic heterocycles. The Bertz CT molecular complexity index is 2800. The van der Waals surface area contributed by atoms with Crippen molar-refractivity contribution >= 4 is 45.5 Å². The second kappa shape index (κ2) is 16.6. The summed E-state index contributed by atoms with van der Waals surface area (Å²) < 4.78 is 40.6. The number of rotatable bonds is 10. The quantitative estimate of drug-likeness (QED) is 0.136. The summed E-state index contributed by atoms with van der Waals surface area (Å²) in [6, 6.07) is 72.5. The highest BCUT2D eigenvalue weighted by Gasteiger charge is 2.30. The van der Waals surface area contributed by atoms with E-state index in [1.54, 1.807) is 11.3 Å². The number of nitrogens with zero attached hydrogens (tertiary/aromatic N) is 2. The number of hydrogen-bond acceptors (Lipinski definition) is 3. The molecule has 0 aliphatic rings. The molecule has 8 aromatic carbocycles. The number of hydrogen-bond donors (Lipinski definition) is 0. The Kier molecular flexibility index (Phi) is 10.6. The maximum Gasteiger partial charge on any atom is 0.416 e. The van der Waals surface area contributed by atoms with Crippen LogP contribution in [-0.2, 0) is 6.18 Å². The van der Waals surface area contributed by atoms with Crippen LogP contribution in [0.2, 0.25) is 0 Å². The lowest BCUT2D eigenvalue weighted by molar-refractivity contribution is -0.137. The fourth-order valence-electron chi connectivity index (χ4n) is 7.45. The van der Waals surface area contributed by atoms with Crippen molar-refractivity contribution in [3.63, 3.8) is 0 Å². The van der Waals surface area contributed by atoms with Gasteiger partial charge < -0.3 is 9.80 Å². The molecule has 6 heteroatoms. The Morgan fingerprint density at radius 2 is 0.600 bits per heavy atom. The Morgan fingerprint density at radius 3 is 0.933 bits per heavy atom. The zero-order valence-electron chi connectivity index (χ0n) is 32.7. The SMILES string of the molecule is Cc1ccc(N(c2ccc(-c3ccccc3)cc2)c2ccc(-c3ccc(-c4ccc(N(c5ccc(-c6ccccc6)cc5)c5ccc(C(F)(F)F)cc5)cc4)s3)cc2)cc1. The van der Waals surface area contributed by atoms with E-state index in [4.69, 9.17) is 0 Å². The van der Waals surface area contributed by atoms with Crippen LogP contribution in [0.15, 0.2) is 218 Å². The van der Waals surface area contributed by atoms with Crippen molar-refractivity contribution < 1.29 is 13.2 Å². The molecule has 9 rings (SSSR count). The average molecular weight is 805 g/mol. The predicted octanol–water partition coefficient (Wildman–Crippen LogP) is 16.7. The molecule has 60 heavy (non-hydrogen) atoms. The summed E-state index contributed by atoms with van der Waals surface area (Å²) >= 11 is 1.72. The van der Waals surface area contributed by atoms with E-state index in [1.165, 1.54) is 28.8 Å². The van der Waals surface area contributed by atoms with E-state index in [2.05, 4.69) is 145 Å². The second-order valence-electron chi connectivity index (χ2n) is 14.6. The van der Waals surface area contributed by atoms with Gasteiger partial charge in [-0.3, -0.25) is 0 Å². The number of alkyl halides is 3. The van der Waals surface area contributed by atoms with Gasteiger partial charge in [-0.2, -0.15) is 13.2 Å². The summed E-state index contributed by atoms with van der Waals surface area (Å²) in [4.78, 5) is 6.54. The molecular formula is C54H39F3N2S. The molecule has 292 valence electrons. The summed E-state index contributed by atoms with van der Waals surface area (Å²) in [5.41, 5.74) is 12.8. The lowest BCUT2D eigenvalue weighted by Gasteiger charge is -2.26. The van der Waals surface area contributed by atoms with Crippen LogP contribution >= 0.6 is 11.3 Å². The minimum Gasteiger partial charge on any atom is -0.311 e. The van der Waals surface area contributed by atoms with E-state index in [0.717, 1.165) is 72.6 Å². The van der Waals surface area contributed by atoms with Crippen LogP contribution in [-0.4, -0.2) is 0 Å². The summed E-state index contributed by atoms with van der Waals surface area (Å²) in [6.07, 6.45) is -4.42. The van der Waals surface area contributed by atoms with E-state index < -0.39 is 11.7 Å². The Labute approximate surface area is 352 Å². The first-order valence-electron chi connectivity index (χ1n) is 19.7. The largest absolute Gasteiger partial charge is 0.416 e. The molecule has 0 saturated heterocycles. The van der Waals surface area contributed by atoms with E-state index in [1.807, 2.05) is 65.6 Å². The highest BCUT2D eigenvalue weighted by Crippen LogP contribution is 2.42. The van der Waals surface area contributed by atoms with Crippen LogP contribution in [0.25, 0.3) is 43.1 Å². The van der Waals surface area contributed by atoms with Gasteiger partial charge in [0.1, 0.15) is 0 Å². The standard InChI is InChI=1S/C54H39F3N2S/c1-38-12-24-46(25-13-38)58(47-26-14-41(15-27-47)39-8-4-2-5-9-39)49-30-18-43(19-31-49)52-36-37-53(60-52)44-20-32-50(33-21-44)59(51-34-22-45(23-35-51)54(55,56)57)48-28-16-42(17-29-48)40-10-6-3-7-11-40/h2-37H,1H3. The lowest BCUT2D eigenvalue weighted by atomic mass is 10.0. The van der Waals surface area contributed by atoms with E-state index >= 15 is 0 Å². The third kappa shape index (κ3) is 8.24. The van der Waals surface area contributed by atoms with Gasteiger partial charge >= 0.3 is 6.18 Å². The first-order valence-corrected chi connectivity index (χ1v) is 20.5. The Balaban J connectivity index is 0.978. The molecule has 0 aliphatic carbocycles. The van der Waals surface area contributed by atoms with Gasteiger partial charge in [-0.15, -0.1) is 11.3 Å². The van der Waals surface area contributed by atoms with Crippen LogP contribution in [0.3, 0.4) is 0 Å². The normalized spacial score (nSPS) is 11.3. The lowest BCUT2D eigenvalue weighted by Crippen LogP contribution is -2.11. The fraction of sp³-hybridized carbons (Fsp3) is 0.0370. The highest BCUT2D eigenvalue weighted by atomic mass is 32.1. The molecule has 9 aromatic rings. The first kappa shape index (κ1) is 38.4. The number of benzene rings is 8. The number of anilines is 6. The maximum atomic E-state index is 13.5. The molecule has 0 unspecified atom stereocenters. The maximum absolute atomic E-state index is 13.5. The molecule has 0 atom stereocenters. The van der Waals surface area contributed by atoms with Crippen molar-refractivity contribution in [3.05, 3.63) is 230 Å². The van der Waals surface area contributed by atoms with Crippen LogP contribution in [0, 0.1) is 6.92 Å². The van der Waals surface area contributed by atoms with Crippen LogP contribution in [0.4, 0.5) is 47.3 Å². The molecule has 0 N–H and O–H groups in total. The van der Waals surface area contributed by atoms with Crippen LogP contribution in [0.1, 0.15) is 11.1 Å². The van der Waals surface area contributed by atoms with Crippen molar-refractivity contribution in [1.29, 1.82) is 0 Å². The number of aryl methyl sites for hydroxylation is 1. The molecule has 1 aromatic heterocycles. The van der Waals surface area contributed by atoms with E-state index in [-0.39, 0.29) is 0 Å². The van der Waals surface area contributed by atoms with Crippen molar-refractivity contribution in [3.8, 4) is 43.1 Å². The van der Waals surface area contributed by atoms with Crippen LogP contribution in [0.5, 0.6) is 0 Å². The van der Waals surface area contributed by atoms with E-state index in [0.29, 0.717) is 5.69 Å². The smallest absolute Gasteiger partial charge is 0.311 e. The molecule has 0 fully saturated rings. The second-order valence-corrected chi connectivity index (χ2v) is 15.7. The third-order valence-corrected chi connectivity index (χ3v) is 11.8. The third-order valence-electron chi connectivity index (χ3n) is 10.6. The van der Waals surface area contributed by atoms with Gasteiger partial charge in [0.05, 0.1) is 5.56 Å². The molecule has 0 amide bonds. The fourth-order valence-corrected chi connectivity index (χ4v) is 8.47. The zero-order valence-corrected chi connectivity index (χ0v) is 33.5. The predicted molar refractivity (Wildman–Crippen MR) is 245 cm³/mol. The van der Waals surface area contributed by atoms with E-state index in [9.17, 15) is 13.2 Å². The number of halogens is 3. The molecular weight excluding hydrogens is 766 g/mol. The first-order chi connectivity index (χ1) is 29.3. The minimum absolute atomic E-state index is 0.634. The van der Waals surface area contributed by atoms with Gasteiger partial charge in [-0.05, 0) is 137 Å². The molecule has 0 saturated carbocycles. The topological polar surface area (TPSA) is 6.48 Å². The molecule has 2 nitrogen and oxygen atoms in total. The van der Waals surface area contributed by atoms with Crippen LogP contribution < -0.4 is 9.80 Å². The van der Waals surface area contributed by atoms with Gasteiger partial charge in [0, 0.05) is 43.9 Å². The molecule has 0 radical (unpaired) electrons. The summed E-state index contributed by atoms with van der Waals surface area (Å²) in [5, 5.41) is 0. The minimum atomic E-state index is -4.42. The van der Waals surface area contributed by atoms with Crippen molar-refractivity contribution in [2.45, 2.75) is 13.1 Å². The van der Waals surface area contributed by atoms with Crippen molar-refractivity contribution in [1.82, 2.24) is 0 Å². The Hall–Kier alpha value is -7.15. The molecule has 0 spiro atoms. The van der Waals surface area contributed by atoms with Gasteiger partial charge in [0.25, 0.3) is 0 Å². The van der Waals surface area contributed by atoms with Gasteiger partial charge in [-0.1, -0.05) is 127 Å². The van der Waals surface area contributed by atoms with Gasteiger partial charge in [0.2, 0.25) is 0 Å². The van der Waals surface area contributed by atoms with Crippen molar-refractivity contribution in [2.75, 3.05) is 9.80 Å². The average Bonchev–Trinajstić information content (AvgIpc) is 3.79. The summed E-state index contributed by atoms with van der Waals surface area (Å²) in [7, 11) is 0. The Morgan fingerprint density at radius 1 is 0.317 bits per heavy atom. The number of thiophene rings is 1. The van der Waals surface area contributed by atoms with Gasteiger partial charge in [-0.25, -0.2) is 0 Å². The highest BCUT2D eigenvalue weighted by molar-refractivity contribution is 7.18. The molecule has 1 heterocycles. The summed E-state index contributed by atoms with van der Waals surface area (Å²) in [6.45, 7) is 2.10. The monoisotopic (exact) mass is 804 g/mol. The molecule has 0 bridgehead atoms. The van der Waals surface area contributed by atoms with Gasteiger partial charge in [0.15, 0.2) is 0 Å². The summed E-state index contributed by atoms with van der Waals surface area (Å²) in [5.74, 6) is 0.